The molecule has 182 valence electrons. The van der Waals surface area contributed by atoms with Gasteiger partial charge in [-0.2, -0.15) is 13.2 Å². The normalized spacial score (nSPS) is 14.5. The lowest BCUT2D eigenvalue weighted by molar-refractivity contribution is -0.181. The third-order valence-corrected chi connectivity index (χ3v) is 5.53. The number of carboxylic acid groups (broad SMARTS) is 1. The minimum atomic E-state index is -4.98. The van der Waals surface area contributed by atoms with E-state index >= 15 is 0 Å². The third-order valence-electron chi connectivity index (χ3n) is 5.53. The highest BCUT2D eigenvalue weighted by Crippen LogP contribution is 2.44. The fourth-order valence-electron chi connectivity index (χ4n) is 3.78. The Morgan fingerprint density at radius 1 is 0.971 bits per heavy atom. The zero-order valence-corrected chi connectivity index (χ0v) is 18.1. The molecule has 8 nitrogen and oxygen atoms in total. The molecule has 0 fully saturated rings. The number of halogens is 3. The van der Waals surface area contributed by atoms with Crippen molar-refractivity contribution in [3.8, 4) is 11.1 Å². The molecule has 11 heteroatoms. The molecule has 0 saturated carbocycles. The molecule has 2 aromatic carbocycles. The summed E-state index contributed by atoms with van der Waals surface area (Å²) < 4.78 is 49.8. The number of ether oxygens (including phenoxy) is 2. The number of nitrogens with one attached hydrogen (secondary N) is 2. The lowest BCUT2D eigenvalue weighted by atomic mass is 9.98. The summed E-state index contributed by atoms with van der Waals surface area (Å²) in [7, 11) is 1.05. The van der Waals surface area contributed by atoms with Crippen molar-refractivity contribution in [2.24, 2.45) is 5.92 Å². The van der Waals surface area contributed by atoms with Crippen LogP contribution in [0.25, 0.3) is 11.1 Å². The van der Waals surface area contributed by atoms with E-state index in [9.17, 15) is 27.6 Å². The lowest BCUT2D eigenvalue weighted by Gasteiger charge is -2.21. The molecule has 0 radical (unpaired) electrons. The van der Waals surface area contributed by atoms with E-state index in [4.69, 9.17) is 9.84 Å². The number of fused-ring (bicyclic) bond motifs is 3. The van der Waals surface area contributed by atoms with Crippen LogP contribution in [0.5, 0.6) is 0 Å². The topological polar surface area (TPSA) is 114 Å². The number of hydrogen-bond donors (Lipinski definition) is 3. The average molecular weight is 480 g/mol. The largest absolute Gasteiger partial charge is 0.479 e. The Morgan fingerprint density at radius 3 is 2.03 bits per heavy atom. The van der Waals surface area contributed by atoms with Crippen molar-refractivity contribution in [2.45, 2.75) is 18.2 Å². The highest BCUT2D eigenvalue weighted by atomic mass is 19.4. The minimum absolute atomic E-state index is 0.100. The Balaban J connectivity index is 1.58. The molecule has 0 bridgehead atoms. The molecule has 1 aliphatic rings. The number of carbonyl (C=O) groups is 3. The summed E-state index contributed by atoms with van der Waals surface area (Å²) in [4.78, 5) is 35.1. The Kier molecular flexibility index (Phi) is 7.77. The van der Waals surface area contributed by atoms with Gasteiger partial charge in [0.05, 0.1) is 6.54 Å². The predicted octanol–water partition coefficient (Wildman–Crippen LogP) is 2.92. The molecular weight excluding hydrogens is 457 g/mol. The Morgan fingerprint density at radius 2 is 1.53 bits per heavy atom. The van der Waals surface area contributed by atoms with Gasteiger partial charge in [-0.25, -0.2) is 9.59 Å². The molecule has 0 aliphatic heterocycles. The molecule has 2 aromatic rings. The van der Waals surface area contributed by atoms with Crippen molar-refractivity contribution in [3.63, 3.8) is 0 Å². The molecule has 34 heavy (non-hydrogen) atoms. The SMILES string of the molecule is COC(CNC(=O)C(CNC(=O)OCC1c2ccccc2-c2ccccc21)C(F)(F)F)C(=O)O. The maximum atomic E-state index is 13.3. The first-order valence-corrected chi connectivity index (χ1v) is 10.3. The maximum absolute atomic E-state index is 13.3. The number of carbonyl (C=O) groups excluding carboxylic acids is 2. The number of hydrogen-bond acceptors (Lipinski definition) is 5. The van der Waals surface area contributed by atoms with Crippen LogP contribution in [0.1, 0.15) is 17.0 Å². The van der Waals surface area contributed by atoms with Crippen LogP contribution in [-0.4, -0.2) is 62.2 Å². The highest BCUT2D eigenvalue weighted by Gasteiger charge is 2.45. The van der Waals surface area contributed by atoms with Gasteiger partial charge in [0.15, 0.2) is 12.0 Å². The molecule has 1 aliphatic carbocycles. The predicted molar refractivity (Wildman–Crippen MR) is 114 cm³/mol. The van der Waals surface area contributed by atoms with E-state index in [0.29, 0.717) is 0 Å². The number of benzene rings is 2. The van der Waals surface area contributed by atoms with Crippen molar-refractivity contribution in [3.05, 3.63) is 59.7 Å². The Bertz CT molecular complexity index is 1010. The summed E-state index contributed by atoms with van der Waals surface area (Å²) in [5, 5.41) is 12.7. The van der Waals surface area contributed by atoms with Crippen molar-refractivity contribution in [1.82, 2.24) is 10.6 Å². The van der Waals surface area contributed by atoms with Crippen LogP contribution in [0.15, 0.2) is 48.5 Å². The summed E-state index contributed by atoms with van der Waals surface area (Å²) in [5.41, 5.74) is 3.87. The summed E-state index contributed by atoms with van der Waals surface area (Å²) in [5.74, 6) is -5.81. The highest BCUT2D eigenvalue weighted by molar-refractivity contribution is 5.82. The van der Waals surface area contributed by atoms with Gasteiger partial charge in [0.25, 0.3) is 0 Å². The molecule has 0 spiro atoms. The number of methoxy groups -OCH3 is 1. The fourth-order valence-corrected chi connectivity index (χ4v) is 3.78. The van der Waals surface area contributed by atoms with Crippen molar-refractivity contribution < 1.29 is 42.1 Å². The monoisotopic (exact) mass is 480 g/mol. The summed E-state index contributed by atoms with van der Waals surface area (Å²) >= 11 is 0. The first-order chi connectivity index (χ1) is 16.1. The second-order valence-electron chi connectivity index (χ2n) is 7.61. The zero-order chi connectivity index (χ0) is 24.9. The van der Waals surface area contributed by atoms with Gasteiger partial charge in [0, 0.05) is 19.6 Å². The van der Waals surface area contributed by atoms with Gasteiger partial charge in [-0.1, -0.05) is 48.5 Å². The number of carboxylic acids is 1. The maximum Gasteiger partial charge on any atom is 0.407 e. The van der Waals surface area contributed by atoms with Crippen molar-refractivity contribution in [2.75, 3.05) is 26.8 Å². The molecule has 2 unspecified atom stereocenters. The van der Waals surface area contributed by atoms with E-state index in [1.807, 2.05) is 59.2 Å². The molecule has 3 rings (SSSR count). The summed E-state index contributed by atoms with van der Waals surface area (Å²) in [6.07, 6.45) is -7.59. The van der Waals surface area contributed by atoms with Gasteiger partial charge in [0.1, 0.15) is 6.61 Å². The van der Waals surface area contributed by atoms with Gasteiger partial charge in [-0.15, -0.1) is 0 Å². The number of alkyl halides is 3. The van der Waals surface area contributed by atoms with E-state index < -0.39 is 49.3 Å². The van der Waals surface area contributed by atoms with E-state index in [1.54, 1.807) is 0 Å². The number of amides is 2. The second kappa shape index (κ2) is 10.6. The van der Waals surface area contributed by atoms with Gasteiger partial charge in [0.2, 0.25) is 5.91 Å². The van der Waals surface area contributed by atoms with E-state index in [2.05, 4.69) is 4.74 Å². The average Bonchev–Trinajstić information content (AvgIpc) is 3.11. The van der Waals surface area contributed by atoms with Crippen molar-refractivity contribution >= 4 is 18.0 Å². The molecule has 0 heterocycles. The van der Waals surface area contributed by atoms with E-state index in [1.165, 1.54) is 0 Å². The first-order valence-electron chi connectivity index (χ1n) is 10.3. The Labute approximate surface area is 193 Å². The zero-order valence-electron chi connectivity index (χ0n) is 18.1. The minimum Gasteiger partial charge on any atom is -0.479 e. The lowest BCUT2D eigenvalue weighted by Crippen LogP contribution is -2.48. The first kappa shape index (κ1) is 25.0. The Hall–Kier alpha value is -3.60. The fraction of sp³-hybridized carbons (Fsp3) is 0.348. The standard InChI is InChI=1S/C23H23F3N2O6/c1-33-19(21(30)31)11-27-20(29)18(23(24,25)26)10-28-22(32)34-12-17-15-8-4-2-6-13(15)14-7-3-5-9-16(14)17/h2-9,17-19H,10-12H2,1H3,(H,27,29)(H,28,32)(H,30,31). The van der Waals surface area contributed by atoms with Gasteiger partial charge in [-0.05, 0) is 22.3 Å². The van der Waals surface area contributed by atoms with Gasteiger partial charge < -0.3 is 25.2 Å². The molecule has 0 saturated heterocycles. The van der Waals surface area contributed by atoms with Crippen LogP contribution < -0.4 is 10.6 Å². The molecule has 3 N–H and O–H groups in total. The number of rotatable bonds is 9. The van der Waals surface area contributed by atoms with Crippen LogP contribution in [-0.2, 0) is 19.1 Å². The van der Waals surface area contributed by atoms with Crippen LogP contribution in [0, 0.1) is 5.92 Å². The molecule has 2 amide bonds. The molecule has 2 atom stereocenters. The number of aliphatic carboxylic acids is 1. The molecule has 0 aromatic heterocycles. The third kappa shape index (κ3) is 5.66. The second-order valence-corrected chi connectivity index (χ2v) is 7.61. The van der Waals surface area contributed by atoms with Crippen molar-refractivity contribution in [1.29, 1.82) is 0 Å². The smallest absolute Gasteiger partial charge is 0.407 e. The number of alkyl carbamates (subject to hydrolysis) is 1. The van der Waals surface area contributed by atoms with Crippen LogP contribution in [0.3, 0.4) is 0 Å². The van der Waals surface area contributed by atoms with Crippen LogP contribution >= 0.6 is 0 Å². The van der Waals surface area contributed by atoms with Gasteiger partial charge in [-0.3, -0.25) is 4.79 Å². The quantitative estimate of drug-likeness (QED) is 0.509. The van der Waals surface area contributed by atoms with E-state index in [0.717, 1.165) is 29.4 Å². The molecular formula is C23H23F3N2O6. The van der Waals surface area contributed by atoms with Gasteiger partial charge >= 0.3 is 18.2 Å². The summed E-state index contributed by atoms with van der Waals surface area (Å²) in [6, 6.07) is 15.2. The van der Waals surface area contributed by atoms with Crippen LogP contribution in [0.4, 0.5) is 18.0 Å². The summed E-state index contributed by atoms with van der Waals surface area (Å²) in [6.45, 7) is -1.84. The van der Waals surface area contributed by atoms with E-state index in [-0.39, 0.29) is 12.5 Å². The van der Waals surface area contributed by atoms with Crippen LogP contribution in [0.2, 0.25) is 0 Å².